The van der Waals surface area contributed by atoms with Gasteiger partial charge >= 0.3 is 0 Å². The summed E-state index contributed by atoms with van der Waals surface area (Å²) in [4.78, 5) is 30.0. The van der Waals surface area contributed by atoms with Crippen LogP contribution in [0.25, 0.3) is 0 Å². The lowest BCUT2D eigenvalue weighted by molar-refractivity contribution is 0.0753. The Kier molecular flexibility index (Phi) is 7.58. The number of carbonyl (C=O) groups is 2. The third-order valence-electron chi connectivity index (χ3n) is 6.31. The van der Waals surface area contributed by atoms with Crippen molar-refractivity contribution in [1.29, 1.82) is 0 Å². The maximum absolute atomic E-state index is 13.9. The van der Waals surface area contributed by atoms with Crippen LogP contribution in [0.5, 0.6) is 0 Å². The van der Waals surface area contributed by atoms with Gasteiger partial charge in [0.2, 0.25) is 0 Å². The number of carbonyl (C=O) groups excluding carboxylic acids is 2. The first kappa shape index (κ1) is 23.5. The number of nitrogens with one attached hydrogen (secondary N) is 1. The molecule has 1 N–H and O–H groups in total. The number of para-hydroxylation sites is 1. The summed E-state index contributed by atoms with van der Waals surface area (Å²) in [5.41, 5.74) is 2.77. The predicted molar refractivity (Wildman–Crippen MR) is 132 cm³/mol. The van der Waals surface area contributed by atoms with E-state index in [0.717, 1.165) is 24.1 Å². The molecule has 0 aliphatic carbocycles. The highest BCUT2D eigenvalue weighted by molar-refractivity contribution is 6.00. The third-order valence-corrected chi connectivity index (χ3v) is 6.31. The van der Waals surface area contributed by atoms with Gasteiger partial charge in [-0.25, -0.2) is 4.39 Å². The van der Waals surface area contributed by atoms with E-state index in [1.54, 1.807) is 12.1 Å². The lowest BCUT2D eigenvalue weighted by atomic mass is 10.0. The van der Waals surface area contributed by atoms with Gasteiger partial charge in [0.05, 0.1) is 11.1 Å². The molecule has 6 heteroatoms. The third kappa shape index (κ3) is 5.45. The lowest BCUT2D eigenvalue weighted by Gasteiger charge is -2.35. The molecule has 1 aliphatic rings. The first-order valence-electron chi connectivity index (χ1n) is 11.8. The van der Waals surface area contributed by atoms with Gasteiger partial charge < -0.3 is 15.1 Å². The van der Waals surface area contributed by atoms with Crippen LogP contribution in [0.15, 0.2) is 78.9 Å². The Hall–Kier alpha value is -3.67. The molecule has 1 aliphatic heterocycles. The van der Waals surface area contributed by atoms with Crippen LogP contribution in [-0.4, -0.2) is 42.4 Å². The van der Waals surface area contributed by atoms with E-state index >= 15 is 0 Å². The molecule has 0 saturated carbocycles. The number of benzene rings is 3. The second-order valence-electron chi connectivity index (χ2n) is 8.54. The van der Waals surface area contributed by atoms with Crippen molar-refractivity contribution in [1.82, 2.24) is 10.2 Å². The van der Waals surface area contributed by atoms with Crippen molar-refractivity contribution in [3.8, 4) is 0 Å². The minimum Gasteiger partial charge on any atom is -0.371 e. The first-order chi connectivity index (χ1) is 16.6. The van der Waals surface area contributed by atoms with Crippen LogP contribution in [0.1, 0.15) is 46.0 Å². The molecule has 1 heterocycles. The average molecular weight is 460 g/mol. The Morgan fingerprint density at radius 1 is 0.912 bits per heavy atom. The highest BCUT2D eigenvalue weighted by atomic mass is 19.1. The molecular weight excluding hydrogens is 429 g/mol. The van der Waals surface area contributed by atoms with Gasteiger partial charge in [0, 0.05) is 37.9 Å². The van der Waals surface area contributed by atoms with E-state index < -0.39 is 5.82 Å². The molecule has 0 spiro atoms. The summed E-state index contributed by atoms with van der Waals surface area (Å²) < 4.78 is 13.9. The number of amides is 2. The van der Waals surface area contributed by atoms with Gasteiger partial charge in [-0.05, 0) is 49.6 Å². The zero-order valence-corrected chi connectivity index (χ0v) is 19.4. The van der Waals surface area contributed by atoms with Crippen molar-refractivity contribution in [2.24, 2.45) is 0 Å². The van der Waals surface area contributed by atoms with Gasteiger partial charge in [-0.3, -0.25) is 9.59 Å². The zero-order chi connectivity index (χ0) is 23.9. The first-order valence-corrected chi connectivity index (χ1v) is 11.8. The molecule has 3 aromatic carbocycles. The smallest absolute Gasteiger partial charge is 0.256 e. The fourth-order valence-corrected chi connectivity index (χ4v) is 4.40. The SMILES string of the molecule is CCN(Cc1ccccc1)C(=O)c1ccccc1N1CCC(NC(=O)c2ccccc2F)CC1. The van der Waals surface area contributed by atoms with Crippen molar-refractivity contribution in [2.75, 3.05) is 24.5 Å². The molecule has 0 radical (unpaired) electrons. The number of hydrogen-bond donors (Lipinski definition) is 1. The average Bonchev–Trinajstić information content (AvgIpc) is 2.88. The van der Waals surface area contributed by atoms with Crippen LogP contribution in [0, 0.1) is 5.82 Å². The van der Waals surface area contributed by atoms with Crippen molar-refractivity contribution >= 4 is 17.5 Å². The van der Waals surface area contributed by atoms with Crippen LogP contribution in [0.3, 0.4) is 0 Å². The Bertz CT molecular complexity index is 1130. The quantitative estimate of drug-likeness (QED) is 0.548. The molecule has 5 nitrogen and oxygen atoms in total. The number of anilines is 1. The standard InChI is InChI=1S/C28H30FN3O2/c1-2-31(20-21-10-4-3-5-11-21)28(34)24-13-7-9-15-26(24)32-18-16-22(17-19-32)30-27(33)23-12-6-8-14-25(23)29/h3-15,22H,2,16-20H2,1H3,(H,30,33). The van der Waals surface area contributed by atoms with E-state index in [9.17, 15) is 14.0 Å². The van der Waals surface area contributed by atoms with Crippen LogP contribution in [0.2, 0.25) is 0 Å². The van der Waals surface area contributed by atoms with Gasteiger partial charge in [-0.2, -0.15) is 0 Å². The van der Waals surface area contributed by atoms with E-state index in [2.05, 4.69) is 10.2 Å². The number of piperidine rings is 1. The topological polar surface area (TPSA) is 52.7 Å². The summed E-state index contributed by atoms with van der Waals surface area (Å²) in [5.74, 6) is -0.885. The Balaban J connectivity index is 1.41. The molecule has 0 bridgehead atoms. The second kappa shape index (κ2) is 11.0. The van der Waals surface area contributed by atoms with Gasteiger partial charge in [0.25, 0.3) is 11.8 Å². The maximum Gasteiger partial charge on any atom is 0.256 e. The van der Waals surface area contributed by atoms with E-state index in [4.69, 9.17) is 0 Å². The lowest BCUT2D eigenvalue weighted by Crippen LogP contribution is -2.45. The van der Waals surface area contributed by atoms with Crippen molar-refractivity contribution in [2.45, 2.75) is 32.4 Å². The fraction of sp³-hybridized carbons (Fsp3) is 0.286. The van der Waals surface area contributed by atoms with Gasteiger partial charge in [-0.15, -0.1) is 0 Å². The van der Waals surface area contributed by atoms with Crippen molar-refractivity contribution in [3.63, 3.8) is 0 Å². The summed E-state index contributed by atoms with van der Waals surface area (Å²) in [5, 5.41) is 2.96. The molecule has 176 valence electrons. The molecule has 3 aromatic rings. The molecule has 1 fully saturated rings. The molecule has 0 unspecified atom stereocenters. The number of nitrogens with zero attached hydrogens (tertiary/aromatic N) is 2. The second-order valence-corrected chi connectivity index (χ2v) is 8.54. The highest BCUT2D eigenvalue weighted by Gasteiger charge is 2.26. The van der Waals surface area contributed by atoms with Crippen LogP contribution >= 0.6 is 0 Å². The van der Waals surface area contributed by atoms with E-state index in [-0.39, 0.29) is 23.4 Å². The van der Waals surface area contributed by atoms with E-state index in [1.807, 2.05) is 66.4 Å². The van der Waals surface area contributed by atoms with Crippen molar-refractivity contribution < 1.29 is 14.0 Å². The fourth-order valence-electron chi connectivity index (χ4n) is 4.40. The number of hydrogen-bond acceptors (Lipinski definition) is 3. The largest absolute Gasteiger partial charge is 0.371 e. The minimum absolute atomic E-state index is 0.0110. The molecule has 4 rings (SSSR count). The Morgan fingerprint density at radius 2 is 1.53 bits per heavy atom. The Labute approximate surface area is 200 Å². The number of halogens is 1. The molecule has 0 aromatic heterocycles. The highest BCUT2D eigenvalue weighted by Crippen LogP contribution is 2.26. The summed E-state index contributed by atoms with van der Waals surface area (Å²) >= 11 is 0. The van der Waals surface area contributed by atoms with Crippen LogP contribution < -0.4 is 10.2 Å². The van der Waals surface area contributed by atoms with Crippen LogP contribution in [-0.2, 0) is 6.54 Å². The summed E-state index contributed by atoms with van der Waals surface area (Å²) in [6.45, 7) is 4.59. The van der Waals surface area contributed by atoms with E-state index in [0.29, 0.717) is 31.7 Å². The summed E-state index contributed by atoms with van der Waals surface area (Å²) in [7, 11) is 0. The molecule has 0 atom stereocenters. The zero-order valence-electron chi connectivity index (χ0n) is 19.4. The molecule has 1 saturated heterocycles. The Morgan fingerprint density at radius 3 is 2.21 bits per heavy atom. The maximum atomic E-state index is 13.9. The summed E-state index contributed by atoms with van der Waals surface area (Å²) in [6.07, 6.45) is 1.45. The molecule has 2 amide bonds. The monoisotopic (exact) mass is 459 g/mol. The van der Waals surface area contributed by atoms with Crippen LogP contribution in [0.4, 0.5) is 10.1 Å². The van der Waals surface area contributed by atoms with Gasteiger partial charge in [0.1, 0.15) is 5.82 Å². The van der Waals surface area contributed by atoms with Gasteiger partial charge in [0.15, 0.2) is 0 Å². The normalized spacial score (nSPS) is 14.0. The number of rotatable bonds is 7. The van der Waals surface area contributed by atoms with E-state index in [1.165, 1.54) is 12.1 Å². The minimum atomic E-state index is -0.513. The van der Waals surface area contributed by atoms with Gasteiger partial charge in [-0.1, -0.05) is 54.6 Å². The predicted octanol–water partition coefficient (Wildman–Crippen LogP) is 4.89. The molecular formula is C28H30FN3O2. The van der Waals surface area contributed by atoms with Crippen molar-refractivity contribution in [3.05, 3.63) is 101 Å². The summed E-state index contributed by atoms with van der Waals surface area (Å²) in [6, 6.07) is 23.7. The molecule has 34 heavy (non-hydrogen) atoms.